The van der Waals surface area contributed by atoms with Crippen molar-refractivity contribution in [2.45, 2.75) is 108 Å². The van der Waals surface area contributed by atoms with Gasteiger partial charge in [0.1, 0.15) is 17.6 Å². The molecule has 9 N–H and O–H groups in total. The van der Waals surface area contributed by atoms with E-state index in [4.69, 9.17) is 20.8 Å². The van der Waals surface area contributed by atoms with E-state index in [9.17, 15) is 14.7 Å². The summed E-state index contributed by atoms with van der Waals surface area (Å²) in [4.78, 5) is 34.6. The van der Waals surface area contributed by atoms with Crippen LogP contribution in [0.5, 0.6) is 0 Å². The first-order valence-electron chi connectivity index (χ1n) is 19.1. The number of carboxylic acid groups (broad SMARTS) is 1. The molecule has 52 heavy (non-hydrogen) atoms. The molecule has 1 saturated heterocycles. The minimum atomic E-state index is -1.13. The molecule has 0 spiro atoms. The highest BCUT2D eigenvalue weighted by Gasteiger charge is 2.23. The average molecular weight is 723 g/mol. The average Bonchev–Trinajstić information content (AvgIpc) is 3.62. The van der Waals surface area contributed by atoms with Crippen molar-refractivity contribution >= 4 is 34.5 Å². The molecule has 2 aromatic heterocycles. The molecule has 1 aromatic carbocycles. The number of anilines is 2. The maximum absolute atomic E-state index is 12.0. The number of hydrogen-bond acceptors (Lipinski definition) is 13. The molecule has 16 heteroatoms. The number of carbonyl (C=O) groups excluding carboxylic acids is 1. The van der Waals surface area contributed by atoms with Gasteiger partial charge >= 0.3 is 5.97 Å². The first kappa shape index (κ1) is 39.3. The fourth-order valence-electron chi connectivity index (χ4n) is 6.83. The number of amides is 1. The summed E-state index contributed by atoms with van der Waals surface area (Å²) in [5.74, 6) is -0.161. The minimum absolute atomic E-state index is 0.00471. The van der Waals surface area contributed by atoms with Gasteiger partial charge in [-0.15, -0.1) is 5.10 Å². The lowest BCUT2D eigenvalue weighted by molar-refractivity contribution is -0.138. The Hall–Kier alpha value is -3.96. The Morgan fingerprint density at radius 2 is 1.77 bits per heavy atom. The van der Waals surface area contributed by atoms with E-state index in [-0.39, 0.29) is 31.3 Å². The second-order valence-corrected chi connectivity index (χ2v) is 14.1. The molecule has 2 fully saturated rings. The highest BCUT2D eigenvalue weighted by molar-refractivity contribution is 5.90. The minimum Gasteiger partial charge on any atom is -0.480 e. The molecule has 2 aliphatic rings. The summed E-state index contributed by atoms with van der Waals surface area (Å²) in [5.41, 5.74) is 7.12. The number of likely N-dealkylation sites (tertiary alicyclic amines) is 1. The van der Waals surface area contributed by atoms with Gasteiger partial charge in [0.15, 0.2) is 0 Å². The summed E-state index contributed by atoms with van der Waals surface area (Å²) in [5, 5.41) is 45.8. The second kappa shape index (κ2) is 20.9. The zero-order valence-electron chi connectivity index (χ0n) is 30.3. The predicted molar refractivity (Wildman–Crippen MR) is 201 cm³/mol. The number of hydrogen-bond donors (Lipinski definition) is 8. The molecule has 0 radical (unpaired) electrons. The third kappa shape index (κ3) is 13.2. The smallest absolute Gasteiger partial charge is 0.320 e. The third-order valence-electron chi connectivity index (χ3n) is 9.86. The normalized spacial score (nSPS) is 17.2. The Balaban J connectivity index is 1.000. The molecule has 16 nitrogen and oxygen atoms in total. The number of piperidine rings is 1. The molecule has 1 aliphatic heterocycles. The van der Waals surface area contributed by atoms with Crippen molar-refractivity contribution in [3.8, 4) is 0 Å². The summed E-state index contributed by atoms with van der Waals surface area (Å²) in [7, 11) is 0. The maximum Gasteiger partial charge on any atom is 0.320 e. The zero-order chi connectivity index (χ0) is 36.5. The lowest BCUT2D eigenvalue weighted by atomic mass is 9.95. The number of nitrogens with zero attached hydrogens (tertiary/aromatic N) is 6. The number of aryl methyl sites for hydroxylation is 1. The summed E-state index contributed by atoms with van der Waals surface area (Å²) in [6.07, 6.45) is 12.0. The van der Waals surface area contributed by atoms with Gasteiger partial charge in [0.05, 0.1) is 24.4 Å². The Bertz CT molecular complexity index is 1530. The van der Waals surface area contributed by atoms with E-state index >= 15 is 0 Å². The van der Waals surface area contributed by atoms with Gasteiger partial charge in [-0.05, 0) is 76.7 Å². The van der Waals surface area contributed by atoms with Crippen molar-refractivity contribution in [1.29, 1.82) is 0 Å². The first-order valence-corrected chi connectivity index (χ1v) is 19.1. The van der Waals surface area contributed by atoms with E-state index in [0.29, 0.717) is 19.0 Å². The Morgan fingerprint density at radius 3 is 2.58 bits per heavy atom. The summed E-state index contributed by atoms with van der Waals surface area (Å²) in [6.45, 7) is 6.44. The van der Waals surface area contributed by atoms with Crippen LogP contribution in [-0.4, -0.2) is 122 Å². The van der Waals surface area contributed by atoms with Crippen molar-refractivity contribution in [2.75, 3.05) is 56.4 Å². The van der Waals surface area contributed by atoms with E-state index in [1.54, 1.807) is 0 Å². The maximum atomic E-state index is 12.0. The van der Waals surface area contributed by atoms with Gasteiger partial charge in [-0.1, -0.05) is 36.6 Å². The van der Waals surface area contributed by atoms with Gasteiger partial charge in [0, 0.05) is 56.6 Å². The van der Waals surface area contributed by atoms with Gasteiger partial charge in [-0.2, -0.15) is 4.98 Å². The zero-order valence-corrected chi connectivity index (χ0v) is 30.3. The molecule has 1 amide bonds. The molecule has 3 aromatic rings. The number of nitrogens with two attached hydrogens (primary N) is 1. The van der Waals surface area contributed by atoms with E-state index < -0.39 is 18.1 Å². The van der Waals surface area contributed by atoms with E-state index in [1.165, 1.54) is 32.1 Å². The van der Waals surface area contributed by atoms with Crippen LogP contribution in [-0.2, 0) is 22.7 Å². The summed E-state index contributed by atoms with van der Waals surface area (Å²) < 4.78 is 1.89. The van der Waals surface area contributed by atoms with E-state index in [1.807, 2.05) is 35.1 Å². The Morgan fingerprint density at radius 1 is 0.981 bits per heavy atom. The second-order valence-electron chi connectivity index (χ2n) is 14.1. The lowest BCUT2D eigenvalue weighted by Gasteiger charge is -2.34. The number of aliphatic hydroxyl groups excluding tert-OH is 1. The summed E-state index contributed by atoms with van der Waals surface area (Å²) in [6, 6.07) is 7.80. The molecule has 2 unspecified atom stereocenters. The van der Waals surface area contributed by atoms with Crippen molar-refractivity contribution in [3.05, 3.63) is 36.2 Å². The van der Waals surface area contributed by atoms with Crippen molar-refractivity contribution in [3.63, 3.8) is 0 Å². The lowest BCUT2D eigenvalue weighted by Crippen LogP contribution is -2.45. The summed E-state index contributed by atoms with van der Waals surface area (Å²) >= 11 is 0. The number of carbonyl (C=O) groups is 2. The largest absolute Gasteiger partial charge is 0.480 e. The van der Waals surface area contributed by atoms with Crippen LogP contribution in [0.25, 0.3) is 10.9 Å². The molecule has 2 atom stereocenters. The molecular weight excluding hydrogens is 664 g/mol. The van der Waals surface area contributed by atoms with Gasteiger partial charge < -0.3 is 47.4 Å². The van der Waals surface area contributed by atoms with Crippen LogP contribution in [0.4, 0.5) is 11.8 Å². The first-order chi connectivity index (χ1) is 25.3. The van der Waals surface area contributed by atoms with Crippen molar-refractivity contribution in [1.82, 2.24) is 45.8 Å². The quantitative estimate of drug-likeness (QED) is 0.0692. The Labute approximate surface area is 306 Å². The number of aromatic nitrogens is 5. The van der Waals surface area contributed by atoms with Gasteiger partial charge in [0.2, 0.25) is 11.9 Å². The van der Waals surface area contributed by atoms with Crippen molar-refractivity contribution < 1.29 is 19.8 Å². The molecule has 0 bridgehead atoms. The topological polar surface area (TPSA) is 220 Å². The predicted octanol–water partition coefficient (Wildman–Crippen LogP) is 1.67. The van der Waals surface area contributed by atoms with E-state index in [2.05, 4.69) is 41.8 Å². The van der Waals surface area contributed by atoms with Crippen LogP contribution in [0, 0.1) is 0 Å². The highest BCUT2D eigenvalue weighted by Crippen LogP contribution is 2.25. The van der Waals surface area contributed by atoms with Gasteiger partial charge in [-0.3, -0.25) is 14.3 Å². The fourth-order valence-corrected chi connectivity index (χ4v) is 6.83. The monoisotopic (exact) mass is 722 g/mol. The standard InChI is InChI=1S/C36H58N12O4/c37-31(35(51)52)12-13-33(50)40-23-29(49)25-47-20-14-27(15-21-47)42-34-30-10-4-5-11-32(30)43-36(44-34)41-22-28-24-48(46-45-28)19-7-17-38-16-6-18-39-26-8-2-1-3-9-26/h4-5,10-11,24,26-27,29,31,38-39,49H,1-3,6-9,12-23,25,37H2,(H,40,50)(H,51,52)(H2,41,42,43,44). The number of fused-ring (bicyclic) bond motifs is 1. The van der Waals surface area contributed by atoms with Crippen LogP contribution in [0.1, 0.15) is 76.3 Å². The number of β-amino-alcohol motifs (C(OH)–C–C–N with tert-alkyl or cyclic N) is 1. The number of aliphatic carboxylic acids is 1. The molecular formula is C36H58N12O4. The van der Waals surface area contributed by atoms with Crippen LogP contribution in [0.3, 0.4) is 0 Å². The van der Waals surface area contributed by atoms with Crippen LogP contribution in [0.2, 0.25) is 0 Å². The highest BCUT2D eigenvalue weighted by atomic mass is 16.4. The number of rotatable bonds is 22. The number of aliphatic hydroxyl groups is 1. The van der Waals surface area contributed by atoms with E-state index in [0.717, 1.165) is 93.4 Å². The van der Waals surface area contributed by atoms with Crippen LogP contribution in [0.15, 0.2) is 30.5 Å². The number of nitrogens with one attached hydrogen (secondary N) is 5. The Kier molecular flexibility index (Phi) is 15.8. The SMILES string of the molecule is NC(CCC(=O)NCC(O)CN1CCC(Nc2nc(NCc3cn(CCCNCCCNC4CCCCC4)nn3)nc3ccccc23)CC1)C(=O)O. The molecule has 5 rings (SSSR count). The fraction of sp³-hybridized carbons (Fsp3) is 0.667. The number of para-hydroxylation sites is 1. The van der Waals surface area contributed by atoms with Crippen LogP contribution < -0.4 is 32.3 Å². The van der Waals surface area contributed by atoms with Crippen LogP contribution >= 0.6 is 0 Å². The number of benzene rings is 1. The van der Waals surface area contributed by atoms with Gasteiger partial charge in [0.25, 0.3) is 0 Å². The molecule has 3 heterocycles. The third-order valence-corrected chi connectivity index (χ3v) is 9.86. The molecule has 1 aliphatic carbocycles. The van der Waals surface area contributed by atoms with Gasteiger partial charge in [-0.25, -0.2) is 4.98 Å². The van der Waals surface area contributed by atoms with Crippen molar-refractivity contribution in [2.24, 2.45) is 5.73 Å². The molecule has 1 saturated carbocycles. The molecule has 286 valence electrons. The number of carboxylic acids is 1.